The summed E-state index contributed by atoms with van der Waals surface area (Å²) in [6.07, 6.45) is 0. The number of hydrogen-bond acceptors (Lipinski definition) is 8. The predicted molar refractivity (Wildman–Crippen MR) is 436 cm³/mol. The molecule has 0 unspecified atom stereocenters. The first-order chi connectivity index (χ1) is 49.5. The number of anilines is 8. The van der Waals surface area contributed by atoms with Gasteiger partial charge in [0.05, 0.1) is 0 Å². The van der Waals surface area contributed by atoms with Crippen LogP contribution in [0.1, 0.15) is 0 Å². The van der Waals surface area contributed by atoms with Gasteiger partial charge in [0.25, 0.3) is 0 Å². The molecule has 0 radical (unpaired) electrons. The van der Waals surface area contributed by atoms with E-state index in [1.807, 2.05) is 82.5 Å². The molecule has 0 aliphatic rings. The quantitative estimate of drug-likeness (QED) is 0.110. The number of para-hydroxylation sites is 2. The van der Waals surface area contributed by atoms with Gasteiger partial charge in [-0.2, -0.15) is 0 Å². The maximum absolute atomic E-state index is 5.90. The molecule has 5 nitrogen and oxygen atoms in total. The summed E-state index contributed by atoms with van der Waals surface area (Å²) in [6.45, 7) is 0. The van der Waals surface area contributed by atoms with Crippen LogP contribution in [0.5, 0.6) is 0 Å². The molecular weight excluding hydrogens is 1270 g/mol. The number of nitrogens with one attached hydrogen (secondary N) is 4. The van der Waals surface area contributed by atoms with E-state index in [1.165, 1.54) is 104 Å². The highest BCUT2D eigenvalue weighted by atomic mass is 32.1. The van der Waals surface area contributed by atoms with Crippen molar-refractivity contribution in [3.63, 3.8) is 0 Å². The van der Waals surface area contributed by atoms with Crippen molar-refractivity contribution in [3.8, 4) is 22.3 Å². The van der Waals surface area contributed by atoms with Crippen LogP contribution in [0.4, 0.5) is 45.5 Å². The molecule has 4 aromatic heterocycles. The van der Waals surface area contributed by atoms with Crippen LogP contribution in [0.2, 0.25) is 0 Å². The minimum Gasteiger partial charge on any atom is -0.456 e. The Morgan fingerprint density at radius 3 is 1.05 bits per heavy atom. The van der Waals surface area contributed by atoms with Gasteiger partial charge in [-0.05, 0) is 173 Å². The van der Waals surface area contributed by atoms with Crippen LogP contribution < -0.4 is 21.3 Å². The highest BCUT2D eigenvalue weighted by molar-refractivity contribution is 7.26. The van der Waals surface area contributed by atoms with Gasteiger partial charge in [0.1, 0.15) is 11.2 Å². The summed E-state index contributed by atoms with van der Waals surface area (Å²) in [5.74, 6) is 0. The van der Waals surface area contributed by atoms with Gasteiger partial charge in [0, 0.05) is 128 Å². The number of benzene rings is 16. The second-order valence-corrected chi connectivity index (χ2v) is 27.9. The summed E-state index contributed by atoms with van der Waals surface area (Å²) < 4.78 is 13.9. The predicted octanol–water partition coefficient (Wildman–Crippen LogP) is 28.4. The third-order valence-electron chi connectivity index (χ3n) is 18.2. The fourth-order valence-electron chi connectivity index (χ4n) is 13.3. The van der Waals surface area contributed by atoms with Crippen LogP contribution in [0.25, 0.3) is 126 Å². The number of hydrogen-bond donors (Lipinski definition) is 4. The summed E-state index contributed by atoms with van der Waals surface area (Å²) in [4.78, 5) is 0. The first-order valence-corrected chi connectivity index (χ1v) is 36.0. The van der Waals surface area contributed by atoms with Crippen molar-refractivity contribution in [1.29, 1.82) is 0 Å². The Bertz CT molecular complexity index is 6090. The van der Waals surface area contributed by atoms with Gasteiger partial charge in [-0.3, -0.25) is 0 Å². The molecule has 8 heteroatoms. The summed E-state index contributed by atoms with van der Waals surface area (Å²) in [5, 5.41) is 29.3. The van der Waals surface area contributed by atoms with E-state index in [0.717, 1.165) is 67.4 Å². The second kappa shape index (κ2) is 27.7. The molecule has 20 rings (SSSR count). The van der Waals surface area contributed by atoms with Crippen LogP contribution in [0.3, 0.4) is 0 Å². The van der Waals surface area contributed by atoms with Gasteiger partial charge in [0.2, 0.25) is 0 Å². The molecule has 0 fully saturated rings. The first-order valence-electron chi connectivity index (χ1n) is 33.5. The smallest absolute Gasteiger partial charge is 0.135 e. The number of fused-ring (bicyclic) bond motifs is 14. The normalized spacial score (nSPS) is 11.2. The maximum Gasteiger partial charge on any atom is 0.135 e. The fourth-order valence-corrected chi connectivity index (χ4v) is 16.5. The first kappa shape index (κ1) is 61.3. The molecule has 0 saturated carbocycles. The van der Waals surface area contributed by atoms with Crippen LogP contribution in [0.15, 0.2) is 368 Å². The Morgan fingerprint density at radius 1 is 0.180 bits per heavy atom. The van der Waals surface area contributed by atoms with Crippen molar-refractivity contribution in [2.75, 3.05) is 21.3 Å². The molecule has 4 heterocycles. The van der Waals surface area contributed by atoms with E-state index in [4.69, 9.17) is 4.42 Å². The zero-order valence-corrected chi connectivity index (χ0v) is 56.7. The standard InChI is InChI=1S/2C24H17NS.C22H15NO.C22H15NS/c1-2-6-19(7-3-1)25-20-13-10-17(11-14-20)18-12-15-24-22(16-18)21-8-4-5-9-23(21)26-24;1-2-6-17(7-3-1)18-10-12-19(13-11-18)25-20-14-15-24-22(16-20)21-8-4-5-9-23(21)26-24;2*1-2-8-17-15(6-1)7-5-10-20(17)23-16-12-13-22-19(14-16)18-9-3-4-11-21(18)24-22/h2*1-16,25H;2*1-14,23H. The van der Waals surface area contributed by atoms with Gasteiger partial charge in [-0.15, -0.1) is 34.0 Å². The van der Waals surface area contributed by atoms with Crippen molar-refractivity contribution >= 4 is 184 Å². The Kier molecular flexibility index (Phi) is 17.0. The summed E-state index contributed by atoms with van der Waals surface area (Å²) in [5.41, 5.74) is 15.7. The molecular formula is C92H64N4OS3. The third-order valence-corrected chi connectivity index (χ3v) is 21.7. The summed E-state index contributed by atoms with van der Waals surface area (Å²) in [6, 6.07) is 128. The SMILES string of the molecule is c1ccc(-c2ccc(Nc3ccc4sc5ccccc5c4c3)cc2)cc1.c1ccc(Nc2ccc(-c3ccc4sc5ccccc5c4c3)cc2)cc1.c1ccc2c(Nc3ccc4oc5ccccc5c4c3)cccc2c1.c1ccc2c(Nc3ccc4sc5ccccc5c4c3)cccc2c1. The average molecular weight is 1340 g/mol. The molecule has 20 aromatic rings. The minimum absolute atomic E-state index is 0.916. The largest absolute Gasteiger partial charge is 0.456 e. The number of furan rings is 1. The molecule has 0 aliphatic carbocycles. The Morgan fingerprint density at radius 2 is 0.510 bits per heavy atom. The molecule has 0 spiro atoms. The average Bonchev–Trinajstić information content (AvgIpc) is 1.63. The Labute approximate surface area is 591 Å². The molecule has 476 valence electrons. The summed E-state index contributed by atoms with van der Waals surface area (Å²) >= 11 is 5.56. The van der Waals surface area contributed by atoms with Gasteiger partial charge < -0.3 is 25.7 Å². The lowest BCUT2D eigenvalue weighted by molar-refractivity contribution is 0.669. The van der Waals surface area contributed by atoms with Crippen molar-refractivity contribution in [3.05, 3.63) is 364 Å². The van der Waals surface area contributed by atoms with E-state index in [1.54, 1.807) is 0 Å². The minimum atomic E-state index is 0.916. The Balaban J connectivity index is 0.0000000997. The van der Waals surface area contributed by atoms with Gasteiger partial charge >= 0.3 is 0 Å². The highest BCUT2D eigenvalue weighted by Crippen LogP contribution is 2.41. The van der Waals surface area contributed by atoms with E-state index in [-0.39, 0.29) is 0 Å². The maximum atomic E-state index is 5.90. The molecule has 0 saturated heterocycles. The second-order valence-electron chi connectivity index (χ2n) is 24.7. The van der Waals surface area contributed by atoms with E-state index in [9.17, 15) is 0 Å². The lowest BCUT2D eigenvalue weighted by Gasteiger charge is -2.10. The lowest BCUT2D eigenvalue weighted by Crippen LogP contribution is -1.91. The zero-order chi connectivity index (χ0) is 66.6. The number of thiophene rings is 3. The van der Waals surface area contributed by atoms with Crippen LogP contribution in [-0.2, 0) is 0 Å². The lowest BCUT2D eigenvalue weighted by atomic mass is 10.0. The van der Waals surface area contributed by atoms with Gasteiger partial charge in [-0.25, -0.2) is 0 Å². The van der Waals surface area contributed by atoms with Gasteiger partial charge in [-0.1, -0.05) is 224 Å². The van der Waals surface area contributed by atoms with Crippen LogP contribution >= 0.6 is 34.0 Å². The van der Waals surface area contributed by atoms with Crippen molar-refractivity contribution < 1.29 is 4.42 Å². The van der Waals surface area contributed by atoms with Crippen LogP contribution in [0, 0.1) is 0 Å². The zero-order valence-electron chi connectivity index (χ0n) is 54.3. The Hall–Kier alpha value is -12.3. The topological polar surface area (TPSA) is 61.3 Å². The van der Waals surface area contributed by atoms with Crippen molar-refractivity contribution in [2.45, 2.75) is 0 Å². The molecule has 0 aliphatic heterocycles. The van der Waals surface area contributed by atoms with E-state index < -0.39 is 0 Å². The third kappa shape index (κ3) is 13.0. The van der Waals surface area contributed by atoms with Crippen molar-refractivity contribution in [1.82, 2.24) is 0 Å². The molecule has 4 N–H and O–H groups in total. The van der Waals surface area contributed by atoms with E-state index in [2.05, 4.69) is 337 Å². The molecule has 100 heavy (non-hydrogen) atoms. The van der Waals surface area contributed by atoms with Crippen molar-refractivity contribution in [2.24, 2.45) is 0 Å². The molecule has 0 amide bonds. The monoisotopic (exact) mass is 1340 g/mol. The van der Waals surface area contributed by atoms with E-state index >= 15 is 0 Å². The molecule has 0 bridgehead atoms. The van der Waals surface area contributed by atoms with Crippen LogP contribution in [-0.4, -0.2) is 0 Å². The molecule has 0 atom stereocenters. The summed E-state index contributed by atoms with van der Waals surface area (Å²) in [7, 11) is 0. The highest BCUT2D eigenvalue weighted by Gasteiger charge is 2.12. The van der Waals surface area contributed by atoms with E-state index in [0.29, 0.717) is 0 Å². The fraction of sp³-hybridized carbons (Fsp3) is 0. The molecule has 16 aromatic carbocycles. The van der Waals surface area contributed by atoms with Gasteiger partial charge in [0.15, 0.2) is 0 Å². The number of rotatable bonds is 10.